The lowest BCUT2D eigenvalue weighted by Gasteiger charge is -2.13. The first-order valence-electron chi connectivity index (χ1n) is 18.8. The number of rotatable bonds is 16. The number of hydrogen-bond donors (Lipinski definition) is 3. The highest BCUT2D eigenvalue weighted by atomic mass is 16.5. The lowest BCUT2D eigenvalue weighted by molar-refractivity contribution is -0.142. The number of aliphatic carboxylic acids is 1. The molecular formula is C49H48N2O8. The van der Waals surface area contributed by atoms with Crippen LogP contribution in [0.2, 0.25) is 0 Å². The highest BCUT2D eigenvalue weighted by Gasteiger charge is 2.19. The second kappa shape index (κ2) is 25.1. The van der Waals surface area contributed by atoms with Crippen LogP contribution in [0.3, 0.4) is 0 Å². The molecule has 302 valence electrons. The van der Waals surface area contributed by atoms with Crippen LogP contribution in [-0.4, -0.2) is 48.4 Å². The molecule has 1 unspecified atom stereocenters. The lowest BCUT2D eigenvalue weighted by atomic mass is 10.1. The van der Waals surface area contributed by atoms with Crippen LogP contribution in [-0.2, 0) is 45.2 Å². The largest absolute Gasteiger partial charge is 0.489 e. The van der Waals surface area contributed by atoms with E-state index in [1.807, 2.05) is 146 Å². The van der Waals surface area contributed by atoms with Crippen molar-refractivity contribution in [2.75, 3.05) is 7.11 Å². The lowest BCUT2D eigenvalue weighted by Crippen LogP contribution is -2.41. The molecule has 0 saturated carbocycles. The number of carboxylic acid groups (broad SMARTS) is 1. The van der Waals surface area contributed by atoms with E-state index in [0.29, 0.717) is 25.2 Å². The predicted octanol–water partition coefficient (Wildman–Crippen LogP) is 7.90. The zero-order valence-electron chi connectivity index (χ0n) is 32.8. The van der Waals surface area contributed by atoms with Gasteiger partial charge in [0.1, 0.15) is 43.1 Å². The minimum Gasteiger partial charge on any atom is -0.489 e. The van der Waals surface area contributed by atoms with Crippen molar-refractivity contribution in [1.82, 2.24) is 5.32 Å². The van der Waals surface area contributed by atoms with Gasteiger partial charge in [-0.05, 0) is 76.7 Å². The van der Waals surface area contributed by atoms with E-state index in [-0.39, 0.29) is 12.4 Å². The SMILES string of the molecule is COC(=O)[C@@H](N)Cc1ccccc1.O=C(/C=C/c1ccc(OCc2ccccc2)cc1)NC(Cc1ccccc1)C(=O)O.O=Cc1ccc(OCc2ccccc2)cc1. The third-order valence-electron chi connectivity index (χ3n) is 8.52. The maximum absolute atomic E-state index is 12.2. The Bertz CT molecular complexity index is 2160. The molecule has 6 aromatic rings. The van der Waals surface area contributed by atoms with Gasteiger partial charge in [-0.15, -0.1) is 0 Å². The van der Waals surface area contributed by atoms with Crippen LogP contribution in [0.1, 0.15) is 38.2 Å². The summed E-state index contributed by atoms with van der Waals surface area (Å²) in [5.41, 5.74) is 11.2. The maximum atomic E-state index is 12.2. The summed E-state index contributed by atoms with van der Waals surface area (Å²) < 4.78 is 15.8. The second-order valence-electron chi connectivity index (χ2n) is 13.0. The van der Waals surface area contributed by atoms with Gasteiger partial charge in [0.25, 0.3) is 0 Å². The number of benzene rings is 6. The number of esters is 1. The van der Waals surface area contributed by atoms with E-state index in [2.05, 4.69) is 10.1 Å². The molecule has 0 radical (unpaired) electrons. The molecule has 6 aromatic carbocycles. The van der Waals surface area contributed by atoms with Gasteiger partial charge in [-0.25, -0.2) is 4.79 Å². The molecule has 0 saturated heterocycles. The molecule has 0 aliphatic carbocycles. The third kappa shape index (κ3) is 17.2. The number of carboxylic acids is 1. The first-order valence-corrected chi connectivity index (χ1v) is 18.8. The molecule has 10 heteroatoms. The van der Waals surface area contributed by atoms with Gasteiger partial charge in [-0.3, -0.25) is 14.4 Å². The number of nitrogens with one attached hydrogen (secondary N) is 1. The Morgan fingerprint density at radius 2 is 1.00 bits per heavy atom. The molecule has 59 heavy (non-hydrogen) atoms. The van der Waals surface area contributed by atoms with E-state index in [9.17, 15) is 24.3 Å². The van der Waals surface area contributed by atoms with E-state index in [0.717, 1.165) is 45.6 Å². The molecule has 0 spiro atoms. The quantitative estimate of drug-likeness (QED) is 0.0504. The van der Waals surface area contributed by atoms with Crippen LogP contribution in [0.15, 0.2) is 176 Å². The average Bonchev–Trinajstić information content (AvgIpc) is 3.28. The summed E-state index contributed by atoms with van der Waals surface area (Å²) in [5, 5.41) is 11.9. The van der Waals surface area contributed by atoms with Crippen LogP contribution in [0, 0.1) is 0 Å². The van der Waals surface area contributed by atoms with Crippen LogP contribution >= 0.6 is 0 Å². The number of carbonyl (C=O) groups is 4. The number of amides is 1. The second-order valence-corrected chi connectivity index (χ2v) is 13.0. The van der Waals surface area contributed by atoms with Crippen molar-refractivity contribution >= 4 is 30.2 Å². The Kier molecular flexibility index (Phi) is 18.9. The molecule has 0 aliphatic heterocycles. The van der Waals surface area contributed by atoms with Crippen molar-refractivity contribution in [3.05, 3.63) is 209 Å². The minimum atomic E-state index is -1.07. The van der Waals surface area contributed by atoms with Gasteiger partial charge >= 0.3 is 11.9 Å². The van der Waals surface area contributed by atoms with Crippen molar-refractivity contribution in [3.8, 4) is 11.5 Å². The van der Waals surface area contributed by atoms with Crippen molar-refractivity contribution < 1.29 is 38.5 Å². The molecule has 1 amide bonds. The fourth-order valence-corrected chi connectivity index (χ4v) is 5.34. The van der Waals surface area contributed by atoms with Gasteiger partial charge in [0, 0.05) is 18.1 Å². The Hall–Kier alpha value is -7.30. The molecule has 0 heterocycles. The maximum Gasteiger partial charge on any atom is 0.326 e. The normalized spacial score (nSPS) is 11.3. The van der Waals surface area contributed by atoms with Gasteiger partial charge in [0.2, 0.25) is 5.91 Å². The molecule has 0 aromatic heterocycles. The van der Waals surface area contributed by atoms with Crippen molar-refractivity contribution in [1.29, 1.82) is 0 Å². The predicted molar refractivity (Wildman–Crippen MR) is 229 cm³/mol. The van der Waals surface area contributed by atoms with E-state index in [1.54, 1.807) is 30.3 Å². The first kappa shape index (κ1) is 44.4. The fraction of sp³-hybridized carbons (Fsp3) is 0.143. The highest BCUT2D eigenvalue weighted by molar-refractivity contribution is 5.94. The van der Waals surface area contributed by atoms with Crippen LogP contribution in [0.4, 0.5) is 0 Å². The summed E-state index contributed by atoms with van der Waals surface area (Å²) in [4.78, 5) is 45.0. The molecule has 4 N–H and O–H groups in total. The van der Waals surface area contributed by atoms with E-state index in [1.165, 1.54) is 13.2 Å². The van der Waals surface area contributed by atoms with Crippen LogP contribution in [0.5, 0.6) is 11.5 Å². The number of carbonyl (C=O) groups excluding carboxylic acids is 3. The number of hydrogen-bond acceptors (Lipinski definition) is 8. The topological polar surface area (TPSA) is 154 Å². The molecular weight excluding hydrogens is 745 g/mol. The third-order valence-corrected chi connectivity index (χ3v) is 8.52. The Morgan fingerprint density at radius 3 is 1.41 bits per heavy atom. The van der Waals surface area contributed by atoms with Gasteiger partial charge < -0.3 is 30.4 Å². The highest BCUT2D eigenvalue weighted by Crippen LogP contribution is 2.16. The smallest absolute Gasteiger partial charge is 0.326 e. The molecule has 6 rings (SSSR count). The summed E-state index contributed by atoms with van der Waals surface area (Å²) in [5.74, 6) is -0.393. The fourth-order valence-electron chi connectivity index (χ4n) is 5.34. The van der Waals surface area contributed by atoms with E-state index in [4.69, 9.17) is 15.2 Å². The monoisotopic (exact) mass is 792 g/mol. The van der Waals surface area contributed by atoms with Crippen molar-refractivity contribution in [3.63, 3.8) is 0 Å². The molecule has 0 aliphatic rings. The number of aldehydes is 1. The zero-order valence-corrected chi connectivity index (χ0v) is 32.8. The number of ether oxygens (including phenoxy) is 3. The first-order chi connectivity index (χ1) is 28.7. The van der Waals surface area contributed by atoms with Crippen LogP contribution in [0.25, 0.3) is 6.08 Å². The van der Waals surface area contributed by atoms with Gasteiger partial charge in [0.05, 0.1) is 7.11 Å². The molecule has 0 bridgehead atoms. The zero-order chi connectivity index (χ0) is 42.1. The van der Waals surface area contributed by atoms with Crippen LogP contribution < -0.4 is 20.5 Å². The summed E-state index contributed by atoms with van der Waals surface area (Å²) in [6.07, 6.45) is 4.54. The summed E-state index contributed by atoms with van der Waals surface area (Å²) in [6.45, 7) is 1.03. The number of nitrogens with two attached hydrogens (primary N) is 1. The average molecular weight is 793 g/mol. The van der Waals surface area contributed by atoms with Gasteiger partial charge in [-0.1, -0.05) is 133 Å². The summed E-state index contributed by atoms with van der Waals surface area (Å²) >= 11 is 0. The minimum absolute atomic E-state index is 0.225. The molecule has 2 atom stereocenters. The van der Waals surface area contributed by atoms with Gasteiger partial charge in [-0.2, -0.15) is 0 Å². The van der Waals surface area contributed by atoms with Crippen molar-refractivity contribution in [2.45, 2.75) is 38.1 Å². The van der Waals surface area contributed by atoms with E-state index < -0.39 is 24.0 Å². The van der Waals surface area contributed by atoms with E-state index >= 15 is 0 Å². The summed E-state index contributed by atoms with van der Waals surface area (Å²) in [6, 6.07) is 51.5. The Morgan fingerprint density at radius 1 is 0.593 bits per heavy atom. The van der Waals surface area contributed by atoms with Crippen molar-refractivity contribution in [2.24, 2.45) is 5.73 Å². The Balaban J connectivity index is 0.000000221. The molecule has 10 nitrogen and oxygen atoms in total. The standard InChI is InChI=1S/C25H23NO4.C14H12O2.C10H13NO2/c27-24(26-23(25(28)29)17-20-7-3-1-4-8-20)16-13-19-11-14-22(15-12-19)30-18-21-9-5-2-6-10-21;15-10-12-6-8-14(9-7-12)16-11-13-4-2-1-3-5-13;1-13-10(12)9(11)7-8-5-3-2-4-6-8/h1-16,23H,17-18H2,(H,26,27)(H,28,29);1-10H,11H2;2-6,9H,7,11H2,1H3/b16-13+;;/t;;9-/m..0/s1. The molecule has 0 fully saturated rings. The Labute approximate surface area is 344 Å². The van der Waals surface area contributed by atoms with Gasteiger partial charge in [0.15, 0.2) is 0 Å². The summed E-state index contributed by atoms with van der Waals surface area (Å²) in [7, 11) is 1.34. The number of methoxy groups -OCH3 is 1.